The number of carbonyl (C=O) groups is 1. The van der Waals surface area contributed by atoms with Crippen LogP contribution in [0.5, 0.6) is 0 Å². The van der Waals surface area contributed by atoms with Crippen molar-refractivity contribution in [2.75, 3.05) is 26.3 Å². The Kier molecular flexibility index (Phi) is 4.13. The van der Waals surface area contributed by atoms with Gasteiger partial charge in [0.2, 0.25) is 0 Å². The van der Waals surface area contributed by atoms with Crippen molar-refractivity contribution in [3.8, 4) is 15.7 Å². The number of aryl methyl sites for hydroxylation is 1. The first-order chi connectivity index (χ1) is 11.7. The van der Waals surface area contributed by atoms with Crippen molar-refractivity contribution >= 4 is 28.6 Å². The first kappa shape index (κ1) is 15.4. The van der Waals surface area contributed by atoms with Crippen LogP contribution in [0.3, 0.4) is 0 Å². The molecule has 1 amide bonds. The monoisotopic (exact) mass is 361 g/mol. The van der Waals surface area contributed by atoms with Crippen molar-refractivity contribution in [2.45, 2.75) is 6.92 Å². The number of amides is 1. The Morgan fingerprint density at radius 1 is 1.29 bits per heavy atom. The number of morpholine rings is 1. The number of ether oxygens (including phenoxy) is 1. The second kappa shape index (κ2) is 6.42. The molecule has 0 bridgehead atoms. The molecule has 0 atom stereocenters. The third-order valence-electron chi connectivity index (χ3n) is 3.73. The predicted molar refractivity (Wildman–Crippen MR) is 91.8 cm³/mol. The van der Waals surface area contributed by atoms with Gasteiger partial charge in [-0.3, -0.25) is 9.36 Å². The molecule has 0 unspecified atom stereocenters. The van der Waals surface area contributed by atoms with E-state index in [0.29, 0.717) is 31.3 Å². The molecule has 0 aromatic carbocycles. The van der Waals surface area contributed by atoms with E-state index in [0.717, 1.165) is 21.4 Å². The van der Waals surface area contributed by atoms with Gasteiger partial charge in [0, 0.05) is 30.9 Å². The Bertz CT molecular complexity index is 849. The third-order valence-corrected chi connectivity index (χ3v) is 5.75. The molecule has 4 rings (SSSR count). The maximum Gasteiger partial charge on any atom is 0.283 e. The number of hydrogen-bond donors (Lipinski definition) is 0. The van der Waals surface area contributed by atoms with Crippen LogP contribution in [0.25, 0.3) is 15.7 Å². The molecule has 0 spiro atoms. The van der Waals surface area contributed by atoms with Gasteiger partial charge in [0.25, 0.3) is 5.91 Å². The van der Waals surface area contributed by atoms with Crippen LogP contribution in [0.15, 0.2) is 24.1 Å². The van der Waals surface area contributed by atoms with Gasteiger partial charge in [0.1, 0.15) is 6.33 Å². The summed E-state index contributed by atoms with van der Waals surface area (Å²) >= 11 is 2.92. The molecule has 4 heterocycles. The molecule has 9 heteroatoms. The fourth-order valence-electron chi connectivity index (χ4n) is 2.48. The molecule has 7 nitrogen and oxygen atoms in total. The van der Waals surface area contributed by atoms with E-state index in [1.54, 1.807) is 28.8 Å². The van der Waals surface area contributed by atoms with Crippen LogP contribution >= 0.6 is 22.7 Å². The van der Waals surface area contributed by atoms with E-state index in [4.69, 9.17) is 4.74 Å². The van der Waals surface area contributed by atoms with Crippen LogP contribution in [-0.4, -0.2) is 56.6 Å². The number of thiazole rings is 2. The lowest BCUT2D eigenvalue weighted by Gasteiger charge is -2.25. The van der Waals surface area contributed by atoms with Gasteiger partial charge in [0.05, 0.1) is 29.5 Å². The molecule has 1 saturated heterocycles. The van der Waals surface area contributed by atoms with E-state index in [-0.39, 0.29) is 5.91 Å². The van der Waals surface area contributed by atoms with E-state index in [2.05, 4.69) is 15.0 Å². The zero-order valence-corrected chi connectivity index (χ0v) is 14.6. The van der Waals surface area contributed by atoms with Crippen molar-refractivity contribution in [3.05, 3.63) is 34.8 Å². The molecular formula is C15H15N5O2S2. The number of hydrogen-bond acceptors (Lipinski definition) is 7. The summed E-state index contributed by atoms with van der Waals surface area (Å²) in [4.78, 5) is 28.4. The summed E-state index contributed by atoms with van der Waals surface area (Å²) in [7, 11) is 0. The number of aromatic nitrogens is 4. The zero-order chi connectivity index (χ0) is 16.5. The minimum absolute atomic E-state index is 0.0217. The average Bonchev–Trinajstić information content (AvgIpc) is 3.35. The summed E-state index contributed by atoms with van der Waals surface area (Å²) in [6.45, 7) is 4.38. The zero-order valence-electron chi connectivity index (χ0n) is 13.0. The normalized spacial score (nSPS) is 15.0. The minimum atomic E-state index is -0.0217. The molecule has 1 aliphatic rings. The van der Waals surface area contributed by atoms with E-state index < -0.39 is 0 Å². The van der Waals surface area contributed by atoms with Gasteiger partial charge >= 0.3 is 0 Å². The van der Waals surface area contributed by atoms with Crippen molar-refractivity contribution in [3.63, 3.8) is 0 Å². The highest BCUT2D eigenvalue weighted by atomic mass is 32.1. The van der Waals surface area contributed by atoms with E-state index in [1.807, 2.05) is 23.1 Å². The molecule has 0 N–H and O–H groups in total. The lowest BCUT2D eigenvalue weighted by atomic mass is 10.3. The first-order valence-corrected chi connectivity index (χ1v) is 9.20. The van der Waals surface area contributed by atoms with Crippen molar-refractivity contribution < 1.29 is 9.53 Å². The second-order valence-corrected chi connectivity index (χ2v) is 7.16. The van der Waals surface area contributed by atoms with Crippen molar-refractivity contribution in [1.82, 2.24) is 24.4 Å². The van der Waals surface area contributed by atoms with Crippen LogP contribution in [0.4, 0.5) is 0 Å². The van der Waals surface area contributed by atoms with Gasteiger partial charge in [-0.25, -0.2) is 15.0 Å². The molecule has 0 radical (unpaired) electrons. The quantitative estimate of drug-likeness (QED) is 0.715. The Morgan fingerprint density at radius 2 is 2.12 bits per heavy atom. The number of imidazole rings is 1. The highest BCUT2D eigenvalue weighted by molar-refractivity contribution is 7.18. The molecule has 3 aromatic heterocycles. The van der Waals surface area contributed by atoms with Gasteiger partial charge in [0.15, 0.2) is 10.1 Å². The largest absolute Gasteiger partial charge is 0.378 e. The topological polar surface area (TPSA) is 73.1 Å². The summed E-state index contributed by atoms with van der Waals surface area (Å²) in [5.74, 6) is -0.0217. The molecule has 3 aromatic rings. The maximum absolute atomic E-state index is 12.5. The summed E-state index contributed by atoms with van der Waals surface area (Å²) in [6.07, 6.45) is 5.30. The van der Waals surface area contributed by atoms with Crippen LogP contribution in [-0.2, 0) is 4.74 Å². The fourth-order valence-corrected chi connectivity index (χ4v) is 4.31. The van der Waals surface area contributed by atoms with Gasteiger partial charge in [-0.05, 0) is 6.92 Å². The van der Waals surface area contributed by atoms with E-state index in [9.17, 15) is 4.79 Å². The summed E-state index contributed by atoms with van der Waals surface area (Å²) in [6, 6.07) is 0. The van der Waals surface area contributed by atoms with Crippen LogP contribution in [0.1, 0.15) is 15.5 Å². The second-order valence-electron chi connectivity index (χ2n) is 5.32. The highest BCUT2D eigenvalue weighted by Gasteiger charge is 2.22. The van der Waals surface area contributed by atoms with Crippen molar-refractivity contribution in [2.24, 2.45) is 0 Å². The van der Waals surface area contributed by atoms with Gasteiger partial charge < -0.3 is 9.64 Å². The maximum atomic E-state index is 12.5. The van der Waals surface area contributed by atoms with Gasteiger partial charge in [-0.2, -0.15) is 0 Å². The third kappa shape index (κ3) is 2.85. The standard InChI is InChI=1S/C15H15N5O2S2/c1-10-12(24-15(17-10)20-3-2-16-9-20)11-8-23-13(18-11)14(21)19-4-6-22-7-5-19/h2-3,8-9H,4-7H2,1H3. The van der Waals surface area contributed by atoms with E-state index in [1.165, 1.54) is 11.3 Å². The smallest absolute Gasteiger partial charge is 0.283 e. The fraction of sp³-hybridized carbons (Fsp3) is 0.333. The predicted octanol–water partition coefficient (Wildman–Crippen LogP) is 2.23. The molecular weight excluding hydrogens is 346 g/mol. The molecule has 1 fully saturated rings. The molecule has 24 heavy (non-hydrogen) atoms. The Labute approximate surface area is 146 Å². The summed E-state index contributed by atoms with van der Waals surface area (Å²) < 4.78 is 7.16. The Hall–Kier alpha value is -2.10. The van der Waals surface area contributed by atoms with Gasteiger partial charge in [-0.15, -0.1) is 11.3 Å². The number of nitrogens with zero attached hydrogens (tertiary/aromatic N) is 5. The first-order valence-electron chi connectivity index (χ1n) is 7.51. The summed E-state index contributed by atoms with van der Waals surface area (Å²) in [5.41, 5.74) is 1.71. The highest BCUT2D eigenvalue weighted by Crippen LogP contribution is 2.32. The summed E-state index contributed by atoms with van der Waals surface area (Å²) in [5, 5.41) is 3.28. The Morgan fingerprint density at radius 3 is 2.88 bits per heavy atom. The molecule has 124 valence electrons. The van der Waals surface area contributed by atoms with Crippen LogP contribution in [0, 0.1) is 6.92 Å². The van der Waals surface area contributed by atoms with Crippen LogP contribution < -0.4 is 0 Å². The average molecular weight is 361 g/mol. The van der Waals surface area contributed by atoms with Crippen LogP contribution in [0.2, 0.25) is 0 Å². The number of rotatable bonds is 3. The lowest BCUT2D eigenvalue weighted by molar-refractivity contribution is 0.0303. The number of carbonyl (C=O) groups excluding carboxylic acids is 1. The lowest BCUT2D eigenvalue weighted by Crippen LogP contribution is -2.40. The molecule has 0 saturated carbocycles. The van der Waals surface area contributed by atoms with Gasteiger partial charge in [-0.1, -0.05) is 11.3 Å². The van der Waals surface area contributed by atoms with Crippen molar-refractivity contribution in [1.29, 1.82) is 0 Å². The SMILES string of the molecule is Cc1nc(-n2ccnc2)sc1-c1csc(C(=O)N2CCOCC2)n1. The van der Waals surface area contributed by atoms with E-state index >= 15 is 0 Å². The minimum Gasteiger partial charge on any atom is -0.378 e. The molecule has 0 aliphatic carbocycles. The molecule has 1 aliphatic heterocycles. The Balaban J connectivity index is 1.60.